The van der Waals surface area contributed by atoms with Gasteiger partial charge in [-0.05, 0) is 13.3 Å². The predicted molar refractivity (Wildman–Crippen MR) is 67.3 cm³/mol. The van der Waals surface area contributed by atoms with Crippen LogP contribution >= 0.6 is 0 Å². The molecule has 1 aliphatic rings. The van der Waals surface area contributed by atoms with E-state index in [1.165, 1.54) is 4.90 Å². The van der Waals surface area contributed by atoms with Gasteiger partial charge in [0, 0.05) is 38.7 Å². The maximum atomic E-state index is 13.1. The van der Waals surface area contributed by atoms with Crippen LogP contribution in [-0.4, -0.2) is 39.6 Å². The fourth-order valence-corrected chi connectivity index (χ4v) is 2.28. The highest BCUT2D eigenvalue weighted by Gasteiger charge is 2.36. The van der Waals surface area contributed by atoms with Crippen LogP contribution in [0.2, 0.25) is 0 Å². The number of piperidine rings is 1. The number of aromatic nitrogens is 2. The van der Waals surface area contributed by atoms with Gasteiger partial charge in [0.25, 0.3) is 11.8 Å². The van der Waals surface area contributed by atoms with E-state index in [1.807, 2.05) is 6.92 Å². The number of rotatable bonds is 3. The maximum Gasteiger partial charge on any atom is 0.257 e. The fraction of sp³-hybridized carbons (Fsp3) is 0.692. The number of halogens is 2. The Bertz CT molecular complexity index is 460. The minimum absolute atomic E-state index is 0.115. The first-order valence-electron chi connectivity index (χ1n) is 6.64. The summed E-state index contributed by atoms with van der Waals surface area (Å²) in [4.78, 5) is 13.8. The molecule has 0 aliphatic carbocycles. The molecule has 0 N–H and O–H groups in total. The van der Waals surface area contributed by atoms with Crippen LogP contribution in [-0.2, 0) is 6.54 Å². The molecule has 1 aliphatic heterocycles. The predicted octanol–water partition coefficient (Wildman–Crippen LogP) is 2.47. The standard InChI is InChI=1S/C13H19F2N3O/c1-3-6-18-9-11(10(2)16-18)12(19)17-7-4-13(14,15)5-8-17/h9H,3-8H2,1-2H3. The minimum Gasteiger partial charge on any atom is -0.338 e. The Balaban J connectivity index is 2.08. The molecule has 0 radical (unpaired) electrons. The van der Waals surface area contributed by atoms with E-state index in [0.29, 0.717) is 11.3 Å². The number of carbonyl (C=O) groups excluding carboxylic acids is 1. The van der Waals surface area contributed by atoms with E-state index in [-0.39, 0.29) is 31.8 Å². The van der Waals surface area contributed by atoms with Gasteiger partial charge in [0.05, 0.1) is 11.3 Å². The molecule has 0 atom stereocenters. The number of aryl methyl sites for hydroxylation is 2. The Kier molecular flexibility index (Phi) is 3.87. The number of likely N-dealkylation sites (tertiary alicyclic amines) is 1. The largest absolute Gasteiger partial charge is 0.338 e. The smallest absolute Gasteiger partial charge is 0.257 e. The Morgan fingerprint density at radius 3 is 2.63 bits per heavy atom. The summed E-state index contributed by atoms with van der Waals surface area (Å²) in [5.74, 6) is -2.81. The van der Waals surface area contributed by atoms with Crippen molar-refractivity contribution >= 4 is 5.91 Å². The number of alkyl halides is 2. The molecule has 0 unspecified atom stereocenters. The van der Waals surface area contributed by atoms with Crippen LogP contribution in [0.3, 0.4) is 0 Å². The fourth-order valence-electron chi connectivity index (χ4n) is 2.28. The molecule has 2 heterocycles. The van der Waals surface area contributed by atoms with Gasteiger partial charge in [-0.2, -0.15) is 5.10 Å². The zero-order valence-corrected chi connectivity index (χ0v) is 11.3. The Morgan fingerprint density at radius 2 is 2.05 bits per heavy atom. The molecule has 0 saturated carbocycles. The van der Waals surface area contributed by atoms with Gasteiger partial charge in [0.2, 0.25) is 0 Å². The lowest BCUT2D eigenvalue weighted by Gasteiger charge is -2.31. The van der Waals surface area contributed by atoms with Crippen molar-refractivity contribution in [2.45, 2.75) is 45.6 Å². The lowest BCUT2D eigenvalue weighted by atomic mass is 10.1. The monoisotopic (exact) mass is 271 g/mol. The first-order valence-corrected chi connectivity index (χ1v) is 6.64. The molecule has 1 saturated heterocycles. The molecule has 19 heavy (non-hydrogen) atoms. The van der Waals surface area contributed by atoms with Crippen molar-refractivity contribution < 1.29 is 13.6 Å². The van der Waals surface area contributed by atoms with E-state index in [0.717, 1.165) is 13.0 Å². The van der Waals surface area contributed by atoms with Crippen LogP contribution in [0.25, 0.3) is 0 Å². The second-order valence-electron chi connectivity index (χ2n) is 5.04. The highest BCUT2D eigenvalue weighted by Crippen LogP contribution is 2.28. The normalized spacial score (nSPS) is 18.6. The van der Waals surface area contributed by atoms with E-state index < -0.39 is 5.92 Å². The number of carbonyl (C=O) groups is 1. The molecule has 106 valence electrons. The van der Waals surface area contributed by atoms with Crippen molar-refractivity contribution in [1.29, 1.82) is 0 Å². The third-order valence-corrected chi connectivity index (χ3v) is 3.41. The molecule has 1 fully saturated rings. The molecule has 4 nitrogen and oxygen atoms in total. The summed E-state index contributed by atoms with van der Waals surface area (Å²) in [7, 11) is 0. The minimum atomic E-state index is -2.63. The maximum absolute atomic E-state index is 13.1. The van der Waals surface area contributed by atoms with Crippen LogP contribution in [0.4, 0.5) is 8.78 Å². The van der Waals surface area contributed by atoms with E-state index >= 15 is 0 Å². The van der Waals surface area contributed by atoms with E-state index in [2.05, 4.69) is 5.10 Å². The van der Waals surface area contributed by atoms with Gasteiger partial charge in [0.1, 0.15) is 0 Å². The zero-order valence-electron chi connectivity index (χ0n) is 11.3. The van der Waals surface area contributed by atoms with Gasteiger partial charge in [0.15, 0.2) is 0 Å². The van der Waals surface area contributed by atoms with Gasteiger partial charge in [-0.3, -0.25) is 9.48 Å². The van der Waals surface area contributed by atoms with Gasteiger partial charge < -0.3 is 4.90 Å². The number of amides is 1. The molecular weight excluding hydrogens is 252 g/mol. The molecule has 1 amide bonds. The van der Waals surface area contributed by atoms with Crippen molar-refractivity contribution in [3.05, 3.63) is 17.5 Å². The van der Waals surface area contributed by atoms with E-state index in [1.54, 1.807) is 17.8 Å². The van der Waals surface area contributed by atoms with Gasteiger partial charge in [-0.25, -0.2) is 8.78 Å². The highest BCUT2D eigenvalue weighted by atomic mass is 19.3. The third kappa shape index (κ3) is 3.11. The molecule has 0 bridgehead atoms. The quantitative estimate of drug-likeness (QED) is 0.847. The van der Waals surface area contributed by atoms with Crippen molar-refractivity contribution in [1.82, 2.24) is 14.7 Å². The Hall–Kier alpha value is -1.46. The SMILES string of the molecule is CCCn1cc(C(=O)N2CCC(F)(F)CC2)c(C)n1. The average Bonchev–Trinajstić information content (AvgIpc) is 2.70. The molecule has 6 heteroatoms. The lowest BCUT2D eigenvalue weighted by Crippen LogP contribution is -2.42. The Morgan fingerprint density at radius 1 is 1.42 bits per heavy atom. The lowest BCUT2D eigenvalue weighted by molar-refractivity contribution is -0.0494. The van der Waals surface area contributed by atoms with Crippen molar-refractivity contribution in [2.75, 3.05) is 13.1 Å². The average molecular weight is 271 g/mol. The molecule has 0 aromatic carbocycles. The Labute approximate surface area is 111 Å². The summed E-state index contributed by atoms with van der Waals surface area (Å²) >= 11 is 0. The summed E-state index contributed by atoms with van der Waals surface area (Å²) in [6, 6.07) is 0. The van der Waals surface area contributed by atoms with E-state index in [9.17, 15) is 13.6 Å². The van der Waals surface area contributed by atoms with Crippen LogP contribution in [0.5, 0.6) is 0 Å². The number of hydrogen-bond donors (Lipinski definition) is 0. The molecule has 1 aromatic rings. The molecule has 1 aromatic heterocycles. The van der Waals surface area contributed by atoms with Gasteiger partial charge in [-0.15, -0.1) is 0 Å². The molecule has 2 rings (SSSR count). The van der Waals surface area contributed by atoms with Crippen molar-refractivity contribution in [2.24, 2.45) is 0 Å². The number of hydrogen-bond acceptors (Lipinski definition) is 2. The topological polar surface area (TPSA) is 38.1 Å². The van der Waals surface area contributed by atoms with Gasteiger partial charge in [-0.1, -0.05) is 6.92 Å². The summed E-state index contributed by atoms with van der Waals surface area (Å²) in [5, 5.41) is 4.27. The molecule has 0 spiro atoms. The third-order valence-electron chi connectivity index (χ3n) is 3.41. The summed E-state index contributed by atoms with van der Waals surface area (Å²) in [5.41, 5.74) is 1.19. The van der Waals surface area contributed by atoms with Crippen LogP contribution in [0.1, 0.15) is 42.2 Å². The van der Waals surface area contributed by atoms with Crippen LogP contribution < -0.4 is 0 Å². The summed E-state index contributed by atoms with van der Waals surface area (Å²) in [6.07, 6.45) is 2.15. The first kappa shape index (κ1) is 14.0. The van der Waals surface area contributed by atoms with Crippen LogP contribution in [0.15, 0.2) is 6.20 Å². The second kappa shape index (κ2) is 5.27. The summed E-state index contributed by atoms with van der Waals surface area (Å²) < 4.78 is 27.9. The van der Waals surface area contributed by atoms with Crippen LogP contribution in [0, 0.1) is 6.92 Å². The highest BCUT2D eigenvalue weighted by molar-refractivity contribution is 5.95. The van der Waals surface area contributed by atoms with E-state index in [4.69, 9.17) is 0 Å². The zero-order chi connectivity index (χ0) is 14.0. The summed E-state index contributed by atoms with van der Waals surface area (Å²) in [6.45, 7) is 4.80. The van der Waals surface area contributed by atoms with Crippen molar-refractivity contribution in [3.8, 4) is 0 Å². The second-order valence-corrected chi connectivity index (χ2v) is 5.04. The molecular formula is C13H19F2N3O. The first-order chi connectivity index (χ1) is 8.93. The number of nitrogens with zero attached hydrogens (tertiary/aromatic N) is 3. The van der Waals surface area contributed by atoms with Gasteiger partial charge >= 0.3 is 0 Å². The van der Waals surface area contributed by atoms with Crippen molar-refractivity contribution in [3.63, 3.8) is 0 Å².